The second kappa shape index (κ2) is 7.57. The van der Waals surface area contributed by atoms with E-state index in [2.05, 4.69) is 4.98 Å². The number of pyridine rings is 1. The van der Waals surface area contributed by atoms with Crippen molar-refractivity contribution in [3.63, 3.8) is 0 Å². The molecule has 5 nitrogen and oxygen atoms in total. The third kappa shape index (κ3) is 3.71. The molecular weight excluding hydrogens is 314 g/mol. The van der Waals surface area contributed by atoms with Gasteiger partial charge in [-0.2, -0.15) is 4.98 Å². The Morgan fingerprint density at radius 2 is 1.87 bits per heavy atom. The van der Waals surface area contributed by atoms with E-state index in [9.17, 15) is 9.32 Å². The van der Waals surface area contributed by atoms with Crippen LogP contribution in [0, 0.1) is 6.92 Å². The molecule has 0 aliphatic heterocycles. The second-order valence-corrected chi connectivity index (χ2v) is 6.52. The zero-order valence-electron chi connectivity index (χ0n) is 13.7. The number of aromatic nitrogens is 1. The first-order valence-corrected chi connectivity index (χ1v) is 8.46. The molecule has 1 aromatic heterocycles. The van der Waals surface area contributed by atoms with Crippen LogP contribution in [0.25, 0.3) is 0 Å². The van der Waals surface area contributed by atoms with E-state index < -0.39 is 16.9 Å². The molecule has 1 aromatic carbocycles. The van der Waals surface area contributed by atoms with E-state index in [0.29, 0.717) is 27.7 Å². The maximum atomic E-state index is 13.0. The van der Waals surface area contributed by atoms with Gasteiger partial charge in [-0.1, -0.05) is 24.6 Å². The Balaban J connectivity index is 2.62. The van der Waals surface area contributed by atoms with E-state index in [1.54, 1.807) is 18.2 Å². The average molecular weight is 335 g/mol. The van der Waals surface area contributed by atoms with Gasteiger partial charge in [0.15, 0.2) is 0 Å². The molecule has 2 atom stereocenters. The van der Waals surface area contributed by atoms with Crippen molar-refractivity contribution in [2.45, 2.75) is 36.2 Å². The standard InChI is InChI=1S/C17H21NO4S/c1-5-14(19)13-10-15(21-3)18-17(22-4)16(13)23(20)12-8-6-11(2)7-9-12/h6-10,14,19H,5H2,1-4H3/t14-,23+/m1/s1. The van der Waals surface area contributed by atoms with E-state index in [1.165, 1.54) is 14.2 Å². The van der Waals surface area contributed by atoms with Crippen LogP contribution in [0.15, 0.2) is 40.1 Å². The number of ether oxygens (including phenoxy) is 2. The zero-order chi connectivity index (χ0) is 17.0. The first-order valence-electron chi connectivity index (χ1n) is 7.31. The van der Waals surface area contributed by atoms with Gasteiger partial charge in [-0.15, -0.1) is 0 Å². The Kier molecular flexibility index (Phi) is 5.74. The molecular formula is C17H21NO4S. The Labute approximate surface area is 138 Å². The van der Waals surface area contributed by atoms with Crippen LogP contribution in [0.2, 0.25) is 0 Å². The van der Waals surface area contributed by atoms with Crippen molar-refractivity contribution >= 4 is 10.8 Å². The average Bonchev–Trinajstić information content (AvgIpc) is 2.59. The Morgan fingerprint density at radius 3 is 2.39 bits per heavy atom. The number of methoxy groups -OCH3 is 2. The highest BCUT2D eigenvalue weighted by atomic mass is 32.2. The Bertz CT molecular complexity index is 700. The summed E-state index contributed by atoms with van der Waals surface area (Å²) in [5, 5.41) is 10.3. The fourth-order valence-electron chi connectivity index (χ4n) is 2.18. The lowest BCUT2D eigenvalue weighted by Gasteiger charge is -2.17. The molecule has 2 aromatic rings. The smallest absolute Gasteiger partial charge is 0.233 e. The lowest BCUT2D eigenvalue weighted by Crippen LogP contribution is -2.08. The summed E-state index contributed by atoms with van der Waals surface area (Å²) >= 11 is 0. The number of hydrogen-bond acceptors (Lipinski definition) is 5. The lowest BCUT2D eigenvalue weighted by molar-refractivity contribution is 0.169. The van der Waals surface area contributed by atoms with Crippen LogP contribution in [0.3, 0.4) is 0 Å². The molecule has 0 aliphatic rings. The van der Waals surface area contributed by atoms with Crippen LogP contribution in [-0.2, 0) is 10.8 Å². The highest BCUT2D eigenvalue weighted by Gasteiger charge is 2.24. The van der Waals surface area contributed by atoms with E-state index in [0.717, 1.165) is 5.56 Å². The minimum Gasteiger partial charge on any atom is -0.481 e. The number of aliphatic hydroxyl groups excluding tert-OH is 1. The molecule has 0 fully saturated rings. The van der Waals surface area contributed by atoms with Crippen LogP contribution in [0.4, 0.5) is 0 Å². The van der Waals surface area contributed by atoms with Gasteiger partial charge in [-0.05, 0) is 25.5 Å². The van der Waals surface area contributed by atoms with E-state index >= 15 is 0 Å². The summed E-state index contributed by atoms with van der Waals surface area (Å²) in [5.41, 5.74) is 1.59. The minimum atomic E-state index is -1.51. The molecule has 0 spiro atoms. The van der Waals surface area contributed by atoms with Crippen molar-refractivity contribution in [3.05, 3.63) is 41.5 Å². The van der Waals surface area contributed by atoms with E-state index in [4.69, 9.17) is 9.47 Å². The number of aryl methyl sites for hydroxylation is 1. The summed E-state index contributed by atoms with van der Waals surface area (Å²) in [7, 11) is 1.43. The topological polar surface area (TPSA) is 68.7 Å². The van der Waals surface area contributed by atoms with Crippen molar-refractivity contribution < 1.29 is 18.8 Å². The van der Waals surface area contributed by atoms with Gasteiger partial charge in [0.1, 0.15) is 4.90 Å². The number of nitrogens with zero attached hydrogens (tertiary/aromatic N) is 1. The molecule has 1 N–H and O–H groups in total. The van der Waals surface area contributed by atoms with Crippen LogP contribution in [0.5, 0.6) is 11.8 Å². The van der Waals surface area contributed by atoms with Gasteiger partial charge in [-0.25, -0.2) is 4.21 Å². The molecule has 0 saturated carbocycles. The first-order chi connectivity index (χ1) is 11.0. The highest BCUT2D eigenvalue weighted by molar-refractivity contribution is 7.85. The lowest BCUT2D eigenvalue weighted by atomic mass is 10.1. The molecule has 0 bridgehead atoms. The van der Waals surface area contributed by atoms with Gasteiger partial charge in [0.2, 0.25) is 11.8 Å². The normalized spacial score (nSPS) is 13.4. The summed E-state index contributed by atoms with van der Waals surface area (Å²) < 4.78 is 23.5. The van der Waals surface area contributed by atoms with Gasteiger partial charge in [0, 0.05) is 16.5 Å². The molecule has 23 heavy (non-hydrogen) atoms. The summed E-state index contributed by atoms with van der Waals surface area (Å²) in [6, 6.07) is 9.01. The SMILES string of the molecule is CC[C@@H](O)c1cc(OC)nc(OC)c1[S@@](=O)c1ccc(C)cc1. The van der Waals surface area contributed by atoms with Crippen molar-refractivity contribution in [2.24, 2.45) is 0 Å². The number of aliphatic hydroxyl groups is 1. The largest absolute Gasteiger partial charge is 0.481 e. The minimum absolute atomic E-state index is 0.200. The molecule has 0 amide bonds. The third-order valence-corrected chi connectivity index (χ3v) is 5.00. The first kappa shape index (κ1) is 17.4. The Morgan fingerprint density at radius 1 is 1.22 bits per heavy atom. The number of rotatable bonds is 6. The number of hydrogen-bond donors (Lipinski definition) is 1. The molecule has 2 rings (SSSR count). The molecule has 0 aliphatic carbocycles. The van der Waals surface area contributed by atoms with Crippen LogP contribution in [0.1, 0.15) is 30.6 Å². The van der Waals surface area contributed by atoms with Gasteiger partial charge >= 0.3 is 0 Å². The van der Waals surface area contributed by atoms with Crippen LogP contribution in [-0.4, -0.2) is 28.5 Å². The maximum Gasteiger partial charge on any atom is 0.233 e. The monoisotopic (exact) mass is 335 g/mol. The second-order valence-electron chi connectivity index (χ2n) is 5.10. The van der Waals surface area contributed by atoms with Gasteiger partial charge in [0.25, 0.3) is 0 Å². The fraction of sp³-hybridized carbons (Fsp3) is 0.353. The van der Waals surface area contributed by atoms with E-state index in [-0.39, 0.29) is 5.88 Å². The van der Waals surface area contributed by atoms with Crippen molar-refractivity contribution in [3.8, 4) is 11.8 Å². The molecule has 124 valence electrons. The molecule has 0 radical (unpaired) electrons. The van der Waals surface area contributed by atoms with Crippen LogP contribution < -0.4 is 9.47 Å². The van der Waals surface area contributed by atoms with E-state index in [1.807, 2.05) is 26.0 Å². The Hall–Kier alpha value is -1.92. The van der Waals surface area contributed by atoms with Crippen LogP contribution >= 0.6 is 0 Å². The molecule has 6 heteroatoms. The van der Waals surface area contributed by atoms with Gasteiger partial charge in [-0.3, -0.25) is 0 Å². The maximum absolute atomic E-state index is 13.0. The highest BCUT2D eigenvalue weighted by Crippen LogP contribution is 2.35. The van der Waals surface area contributed by atoms with Crippen molar-refractivity contribution in [2.75, 3.05) is 14.2 Å². The predicted molar refractivity (Wildman–Crippen MR) is 88.4 cm³/mol. The van der Waals surface area contributed by atoms with Crippen molar-refractivity contribution in [1.29, 1.82) is 0 Å². The number of benzene rings is 1. The summed E-state index contributed by atoms with van der Waals surface area (Å²) in [6.45, 7) is 3.82. The fourth-order valence-corrected chi connectivity index (χ4v) is 3.50. The summed E-state index contributed by atoms with van der Waals surface area (Å²) in [4.78, 5) is 5.21. The van der Waals surface area contributed by atoms with Gasteiger partial charge < -0.3 is 14.6 Å². The predicted octanol–water partition coefficient (Wildman–Crippen LogP) is 3.02. The molecule has 1 heterocycles. The van der Waals surface area contributed by atoms with Crippen molar-refractivity contribution in [1.82, 2.24) is 4.98 Å². The summed E-state index contributed by atoms with van der Waals surface area (Å²) in [6.07, 6.45) is -0.292. The van der Waals surface area contributed by atoms with Gasteiger partial charge in [0.05, 0.1) is 31.1 Å². The molecule has 0 saturated heterocycles. The summed E-state index contributed by atoms with van der Waals surface area (Å²) in [5.74, 6) is 0.514. The molecule has 0 unspecified atom stereocenters. The zero-order valence-corrected chi connectivity index (χ0v) is 14.5. The third-order valence-electron chi connectivity index (χ3n) is 3.52. The quantitative estimate of drug-likeness (QED) is 0.879.